The fraction of sp³-hybridized carbons (Fsp3) is 0.722. The quantitative estimate of drug-likeness (QED) is 0.561. The minimum atomic E-state index is -0.472. The van der Waals surface area contributed by atoms with Crippen LogP contribution >= 0.6 is 11.3 Å². The van der Waals surface area contributed by atoms with Gasteiger partial charge in [-0.15, -0.1) is 11.3 Å². The summed E-state index contributed by atoms with van der Waals surface area (Å²) >= 11 is 1.65. The largest absolute Gasteiger partial charge is 0.444 e. The molecule has 0 spiro atoms. The van der Waals surface area contributed by atoms with Gasteiger partial charge in [-0.1, -0.05) is 0 Å². The van der Waals surface area contributed by atoms with E-state index in [-0.39, 0.29) is 6.09 Å². The molecule has 26 heavy (non-hydrogen) atoms. The predicted octanol–water partition coefficient (Wildman–Crippen LogP) is 2.91. The van der Waals surface area contributed by atoms with Crippen molar-refractivity contribution in [3.8, 4) is 0 Å². The van der Waals surface area contributed by atoms with Gasteiger partial charge in [0.15, 0.2) is 5.96 Å². The number of guanidine groups is 1. The summed E-state index contributed by atoms with van der Waals surface area (Å²) < 4.78 is 5.52. The molecule has 0 saturated heterocycles. The summed E-state index contributed by atoms with van der Waals surface area (Å²) in [6.45, 7) is 12.3. The van der Waals surface area contributed by atoms with Crippen LogP contribution < -0.4 is 10.6 Å². The summed E-state index contributed by atoms with van der Waals surface area (Å²) in [7, 11) is 0. The molecule has 1 heterocycles. The van der Waals surface area contributed by atoms with Crippen molar-refractivity contribution < 1.29 is 9.53 Å². The number of carbonyl (C=O) groups is 1. The number of thiazole rings is 1. The van der Waals surface area contributed by atoms with Gasteiger partial charge in [0.2, 0.25) is 0 Å². The average molecular weight is 382 g/mol. The van der Waals surface area contributed by atoms with Gasteiger partial charge < -0.3 is 20.3 Å². The van der Waals surface area contributed by atoms with Crippen molar-refractivity contribution in [2.24, 2.45) is 4.99 Å². The molecule has 0 aliphatic heterocycles. The highest BCUT2D eigenvalue weighted by molar-refractivity contribution is 7.11. The van der Waals surface area contributed by atoms with Gasteiger partial charge in [0.05, 0.1) is 6.54 Å². The molecule has 1 aliphatic carbocycles. The second-order valence-electron chi connectivity index (χ2n) is 7.39. The molecular formula is C18H31N5O2S. The van der Waals surface area contributed by atoms with Crippen molar-refractivity contribution >= 4 is 23.4 Å². The molecule has 7 nitrogen and oxygen atoms in total. The Morgan fingerprint density at radius 2 is 2.15 bits per heavy atom. The molecule has 2 rings (SSSR count). The maximum Gasteiger partial charge on any atom is 0.410 e. The lowest BCUT2D eigenvalue weighted by Gasteiger charge is -2.27. The Hall–Kier alpha value is -1.83. The van der Waals surface area contributed by atoms with Gasteiger partial charge in [-0.05, 0) is 47.5 Å². The monoisotopic (exact) mass is 381 g/mol. The van der Waals surface area contributed by atoms with Crippen LogP contribution in [0.5, 0.6) is 0 Å². The Morgan fingerprint density at radius 3 is 2.69 bits per heavy atom. The van der Waals surface area contributed by atoms with Gasteiger partial charge in [-0.3, -0.25) is 0 Å². The maximum absolute atomic E-state index is 12.4. The van der Waals surface area contributed by atoms with E-state index < -0.39 is 5.60 Å². The molecule has 1 aromatic heterocycles. The Bertz CT molecular complexity index is 619. The molecule has 1 saturated carbocycles. The lowest BCUT2D eigenvalue weighted by Crippen LogP contribution is -2.45. The number of ether oxygens (including phenoxy) is 1. The number of nitrogens with zero attached hydrogens (tertiary/aromatic N) is 3. The summed E-state index contributed by atoms with van der Waals surface area (Å²) in [5.74, 6) is 0.736. The van der Waals surface area contributed by atoms with E-state index in [1.165, 1.54) is 4.88 Å². The number of nitrogens with one attached hydrogen (secondary N) is 2. The Kier molecular flexibility index (Phi) is 7.25. The lowest BCUT2D eigenvalue weighted by molar-refractivity contribution is 0.0238. The molecule has 1 aromatic rings. The van der Waals surface area contributed by atoms with E-state index in [1.54, 1.807) is 11.3 Å². The van der Waals surface area contributed by atoms with E-state index >= 15 is 0 Å². The molecule has 1 fully saturated rings. The first-order chi connectivity index (χ1) is 12.3. The highest BCUT2D eigenvalue weighted by atomic mass is 32.1. The lowest BCUT2D eigenvalue weighted by atomic mass is 10.2. The van der Waals surface area contributed by atoms with Gasteiger partial charge in [0.1, 0.15) is 10.6 Å². The van der Waals surface area contributed by atoms with Gasteiger partial charge in [-0.25, -0.2) is 14.8 Å². The van der Waals surface area contributed by atoms with Crippen molar-refractivity contribution in [2.45, 2.75) is 65.6 Å². The summed E-state index contributed by atoms with van der Waals surface area (Å²) in [6.07, 6.45) is 3.74. The van der Waals surface area contributed by atoms with E-state index in [9.17, 15) is 4.79 Å². The van der Waals surface area contributed by atoms with Gasteiger partial charge in [0.25, 0.3) is 0 Å². The number of aromatic nitrogens is 1. The molecule has 1 aliphatic rings. The number of hydrogen-bond acceptors (Lipinski definition) is 5. The minimum absolute atomic E-state index is 0.234. The highest BCUT2D eigenvalue weighted by Crippen LogP contribution is 2.28. The molecule has 0 atom stereocenters. The van der Waals surface area contributed by atoms with Crippen LogP contribution in [0.3, 0.4) is 0 Å². The smallest absolute Gasteiger partial charge is 0.410 e. The maximum atomic E-state index is 12.4. The Morgan fingerprint density at radius 1 is 1.42 bits per heavy atom. The van der Waals surface area contributed by atoms with Crippen molar-refractivity contribution in [2.75, 3.05) is 19.6 Å². The van der Waals surface area contributed by atoms with E-state index in [2.05, 4.69) is 20.6 Å². The van der Waals surface area contributed by atoms with E-state index in [0.29, 0.717) is 25.7 Å². The zero-order chi connectivity index (χ0) is 19.2. The van der Waals surface area contributed by atoms with E-state index in [0.717, 1.165) is 30.4 Å². The van der Waals surface area contributed by atoms with Crippen LogP contribution in [0.25, 0.3) is 0 Å². The van der Waals surface area contributed by atoms with Crippen molar-refractivity contribution in [1.82, 2.24) is 20.5 Å². The number of rotatable bonds is 7. The molecule has 0 aromatic carbocycles. The summed E-state index contributed by atoms with van der Waals surface area (Å²) in [4.78, 5) is 24.3. The fourth-order valence-corrected chi connectivity index (χ4v) is 3.10. The third-order valence-corrected chi connectivity index (χ3v) is 4.54. The Balaban J connectivity index is 1.85. The van der Waals surface area contributed by atoms with E-state index in [4.69, 9.17) is 4.74 Å². The number of hydrogen-bond donors (Lipinski definition) is 2. The molecule has 2 N–H and O–H groups in total. The van der Waals surface area contributed by atoms with Crippen LogP contribution in [0.1, 0.15) is 50.4 Å². The first-order valence-electron chi connectivity index (χ1n) is 9.21. The van der Waals surface area contributed by atoms with Crippen LogP contribution in [-0.4, -0.2) is 53.2 Å². The number of amides is 1. The van der Waals surface area contributed by atoms with Gasteiger partial charge in [0, 0.05) is 36.8 Å². The molecule has 146 valence electrons. The Labute approximate surface area is 160 Å². The summed E-state index contributed by atoms with van der Waals surface area (Å²) in [6, 6.07) is 0.310. The molecule has 0 radical (unpaired) electrons. The average Bonchev–Trinajstić information content (AvgIpc) is 3.28. The minimum Gasteiger partial charge on any atom is -0.444 e. The number of aryl methyl sites for hydroxylation is 1. The van der Waals surface area contributed by atoms with Crippen LogP contribution in [-0.2, 0) is 11.3 Å². The van der Waals surface area contributed by atoms with Crippen LogP contribution in [0.15, 0.2) is 11.2 Å². The number of aliphatic imine (C=N–C) groups is 1. The van der Waals surface area contributed by atoms with Crippen molar-refractivity contribution in [3.05, 3.63) is 16.1 Å². The number of carbonyl (C=O) groups excluding carboxylic acids is 1. The molecule has 1 amide bonds. The van der Waals surface area contributed by atoms with Crippen molar-refractivity contribution in [1.29, 1.82) is 0 Å². The zero-order valence-corrected chi connectivity index (χ0v) is 17.3. The predicted molar refractivity (Wildman–Crippen MR) is 106 cm³/mol. The third kappa shape index (κ3) is 7.19. The van der Waals surface area contributed by atoms with Crippen molar-refractivity contribution in [3.63, 3.8) is 0 Å². The van der Waals surface area contributed by atoms with Gasteiger partial charge >= 0.3 is 6.09 Å². The third-order valence-electron chi connectivity index (χ3n) is 3.65. The molecular weight excluding hydrogens is 350 g/mol. The summed E-state index contributed by atoms with van der Waals surface area (Å²) in [5, 5.41) is 7.52. The molecule has 0 bridgehead atoms. The first-order valence-corrected chi connectivity index (χ1v) is 10.0. The standard InChI is InChI=1S/C18H31N5O2S/c1-6-19-16(22-12-15-21-11-13(2)26-15)20-9-10-23(14-7-8-14)17(24)25-18(3,4)5/h11,14H,6-10,12H2,1-5H3,(H2,19,20,22). The van der Waals surface area contributed by atoms with Crippen LogP contribution in [0.4, 0.5) is 4.79 Å². The second-order valence-corrected chi connectivity index (χ2v) is 8.71. The first kappa shape index (κ1) is 20.5. The molecule has 0 unspecified atom stereocenters. The fourth-order valence-electron chi connectivity index (χ4n) is 2.39. The van der Waals surface area contributed by atoms with Crippen LogP contribution in [0.2, 0.25) is 0 Å². The van der Waals surface area contributed by atoms with Gasteiger partial charge in [-0.2, -0.15) is 0 Å². The zero-order valence-electron chi connectivity index (χ0n) is 16.5. The second kappa shape index (κ2) is 9.21. The SMILES string of the molecule is CCNC(=NCc1ncc(C)s1)NCCN(C(=O)OC(C)(C)C)C1CC1. The topological polar surface area (TPSA) is 78.9 Å². The van der Waals surface area contributed by atoms with E-state index in [1.807, 2.05) is 45.7 Å². The highest BCUT2D eigenvalue weighted by Gasteiger charge is 2.34. The van der Waals surface area contributed by atoms with Crippen LogP contribution in [0, 0.1) is 6.92 Å². The molecule has 8 heteroatoms. The normalized spacial score (nSPS) is 14.9. The summed E-state index contributed by atoms with van der Waals surface area (Å²) in [5.41, 5.74) is -0.472.